The highest BCUT2D eigenvalue weighted by Gasteiger charge is 1.97. The van der Waals surface area contributed by atoms with Crippen LogP contribution in [-0.4, -0.2) is 0 Å². The van der Waals surface area contributed by atoms with E-state index in [1.807, 2.05) is 6.07 Å². The van der Waals surface area contributed by atoms with E-state index < -0.39 is 0 Å². The van der Waals surface area contributed by atoms with E-state index in [0.29, 0.717) is 0 Å². The van der Waals surface area contributed by atoms with Crippen molar-refractivity contribution in [2.24, 2.45) is 0 Å². The minimum atomic E-state index is 1.01. The maximum absolute atomic E-state index is 2.26. The van der Waals surface area contributed by atoms with Gasteiger partial charge in [0, 0.05) is 12.1 Å². The monoisotopic (exact) mass is 162 g/mol. The van der Waals surface area contributed by atoms with E-state index in [1.54, 1.807) is 0 Å². The lowest BCUT2D eigenvalue weighted by Gasteiger charge is -1.95. The molecule has 0 saturated carbocycles. The van der Waals surface area contributed by atoms with Crippen LogP contribution in [0.1, 0.15) is 20.3 Å². The second-order valence-corrected chi connectivity index (χ2v) is 3.01. The maximum atomic E-state index is 2.26. The van der Waals surface area contributed by atoms with Gasteiger partial charge in [-0.2, -0.15) is 0 Å². The third-order valence-corrected chi connectivity index (χ3v) is 1.76. The van der Waals surface area contributed by atoms with Crippen molar-refractivity contribution in [3.8, 4) is 0 Å². The zero-order valence-corrected chi connectivity index (χ0v) is 7.83. The molecule has 0 amide bonds. The number of nitrogens with zero attached hydrogens (tertiary/aromatic N) is 1. The van der Waals surface area contributed by atoms with Crippen LogP contribution in [0, 0.1) is 0 Å². The molecule has 0 aromatic carbocycles. The Morgan fingerprint density at radius 1 is 1.25 bits per heavy atom. The van der Waals surface area contributed by atoms with Crippen molar-refractivity contribution >= 4 is 0 Å². The Bertz CT molecular complexity index is 249. The molecule has 0 radical (unpaired) electrons. The molecule has 1 heterocycles. The smallest absolute Gasteiger partial charge is 0.169 e. The van der Waals surface area contributed by atoms with Crippen LogP contribution in [0.5, 0.6) is 0 Å². The van der Waals surface area contributed by atoms with Crippen molar-refractivity contribution in [1.82, 2.24) is 0 Å². The summed E-state index contributed by atoms with van der Waals surface area (Å²) < 4.78 is 2.18. The molecule has 0 atom stereocenters. The molecule has 0 N–H and O–H groups in total. The van der Waals surface area contributed by atoms with E-state index in [-0.39, 0.29) is 0 Å². The molecule has 0 aliphatic rings. The number of allylic oxidation sites excluding steroid dienone is 2. The predicted molar refractivity (Wildman–Crippen MR) is 50.7 cm³/mol. The van der Waals surface area contributed by atoms with Gasteiger partial charge in [0.15, 0.2) is 18.9 Å². The Labute approximate surface area is 74.4 Å². The van der Waals surface area contributed by atoms with E-state index >= 15 is 0 Å². The van der Waals surface area contributed by atoms with Gasteiger partial charge in [-0.05, 0) is 18.9 Å². The number of rotatable bonds is 3. The molecule has 1 heteroatoms. The Hall–Kier alpha value is -1.11. The zero-order chi connectivity index (χ0) is 8.81. The lowest BCUT2D eigenvalue weighted by Crippen LogP contribution is -2.32. The molecular formula is C11H16N+. The fraction of sp³-hybridized carbons (Fsp3) is 0.364. The van der Waals surface area contributed by atoms with Crippen LogP contribution in [0.15, 0.2) is 42.2 Å². The normalized spacial score (nSPS) is 11.7. The van der Waals surface area contributed by atoms with Gasteiger partial charge in [-0.15, -0.1) is 0 Å². The first kappa shape index (κ1) is 8.98. The van der Waals surface area contributed by atoms with Gasteiger partial charge in [-0.1, -0.05) is 19.1 Å². The average Bonchev–Trinajstić information content (AvgIpc) is 2.06. The fourth-order valence-electron chi connectivity index (χ4n) is 1.24. The molecular weight excluding hydrogens is 146 g/mol. The third kappa shape index (κ3) is 2.87. The van der Waals surface area contributed by atoms with Crippen molar-refractivity contribution in [3.05, 3.63) is 42.2 Å². The highest BCUT2D eigenvalue weighted by Crippen LogP contribution is 1.94. The van der Waals surface area contributed by atoms with E-state index in [1.165, 1.54) is 5.57 Å². The summed E-state index contributed by atoms with van der Waals surface area (Å²) in [6.45, 7) is 5.34. The molecule has 0 unspecified atom stereocenters. The van der Waals surface area contributed by atoms with Crippen LogP contribution in [0.3, 0.4) is 0 Å². The van der Waals surface area contributed by atoms with Gasteiger partial charge in [0.2, 0.25) is 0 Å². The van der Waals surface area contributed by atoms with E-state index in [9.17, 15) is 0 Å². The van der Waals surface area contributed by atoms with Crippen molar-refractivity contribution < 1.29 is 4.57 Å². The topological polar surface area (TPSA) is 3.88 Å². The van der Waals surface area contributed by atoms with Crippen LogP contribution in [0.2, 0.25) is 0 Å². The highest BCUT2D eigenvalue weighted by atomic mass is 14.9. The number of aromatic nitrogens is 1. The molecule has 64 valence electrons. The van der Waals surface area contributed by atoms with Crippen LogP contribution in [0.4, 0.5) is 0 Å². The van der Waals surface area contributed by atoms with Gasteiger partial charge < -0.3 is 0 Å². The van der Waals surface area contributed by atoms with Crippen molar-refractivity contribution in [2.75, 3.05) is 0 Å². The molecule has 1 nitrogen and oxygen atoms in total. The van der Waals surface area contributed by atoms with E-state index in [2.05, 4.69) is 49.0 Å². The Morgan fingerprint density at radius 3 is 2.50 bits per heavy atom. The molecule has 0 bridgehead atoms. The largest absolute Gasteiger partial charge is 0.201 e. The number of hydrogen-bond acceptors (Lipinski definition) is 0. The second kappa shape index (κ2) is 4.70. The SMILES string of the molecule is CC/C=C(\C)C[n+]1ccccc1. The molecule has 0 aliphatic carbocycles. The summed E-state index contributed by atoms with van der Waals surface area (Å²) in [5, 5.41) is 0. The van der Waals surface area contributed by atoms with Gasteiger partial charge in [-0.25, -0.2) is 4.57 Å². The molecule has 1 aromatic rings. The highest BCUT2D eigenvalue weighted by molar-refractivity contribution is 4.94. The molecule has 12 heavy (non-hydrogen) atoms. The lowest BCUT2D eigenvalue weighted by atomic mass is 10.2. The quantitative estimate of drug-likeness (QED) is 0.474. The van der Waals surface area contributed by atoms with Crippen LogP contribution < -0.4 is 4.57 Å². The van der Waals surface area contributed by atoms with Crippen molar-refractivity contribution in [1.29, 1.82) is 0 Å². The summed E-state index contributed by atoms with van der Waals surface area (Å²) >= 11 is 0. The van der Waals surface area contributed by atoms with Crippen molar-refractivity contribution in [2.45, 2.75) is 26.8 Å². The standard InChI is InChI=1S/C11H16N/c1-3-7-11(2)10-12-8-5-4-6-9-12/h4-9H,3,10H2,1-2H3/q+1/b11-7+. The summed E-state index contributed by atoms with van der Waals surface area (Å²) in [6, 6.07) is 6.15. The predicted octanol–water partition coefficient (Wildman–Crippen LogP) is 2.33. The first-order chi connectivity index (χ1) is 5.83. The molecule has 1 rings (SSSR count). The Morgan fingerprint density at radius 2 is 1.92 bits per heavy atom. The first-order valence-electron chi connectivity index (χ1n) is 4.42. The van der Waals surface area contributed by atoms with E-state index in [0.717, 1.165) is 13.0 Å². The summed E-state index contributed by atoms with van der Waals surface area (Å²) in [4.78, 5) is 0. The van der Waals surface area contributed by atoms with Gasteiger partial charge in [0.25, 0.3) is 0 Å². The molecule has 1 aromatic heterocycles. The van der Waals surface area contributed by atoms with Gasteiger partial charge in [-0.3, -0.25) is 0 Å². The minimum Gasteiger partial charge on any atom is -0.201 e. The van der Waals surface area contributed by atoms with Gasteiger partial charge >= 0.3 is 0 Å². The van der Waals surface area contributed by atoms with Crippen LogP contribution >= 0.6 is 0 Å². The molecule has 0 fully saturated rings. The van der Waals surface area contributed by atoms with Crippen LogP contribution in [0.25, 0.3) is 0 Å². The molecule has 0 aliphatic heterocycles. The Kier molecular flexibility index (Phi) is 3.52. The van der Waals surface area contributed by atoms with E-state index in [4.69, 9.17) is 0 Å². The first-order valence-corrected chi connectivity index (χ1v) is 4.42. The summed E-state index contributed by atoms with van der Waals surface area (Å²) in [5.74, 6) is 0. The average molecular weight is 162 g/mol. The van der Waals surface area contributed by atoms with Crippen LogP contribution in [-0.2, 0) is 6.54 Å². The summed E-state index contributed by atoms with van der Waals surface area (Å²) in [5.41, 5.74) is 1.42. The van der Waals surface area contributed by atoms with Gasteiger partial charge in [0.05, 0.1) is 0 Å². The lowest BCUT2D eigenvalue weighted by molar-refractivity contribution is -0.689. The van der Waals surface area contributed by atoms with Gasteiger partial charge in [0.1, 0.15) is 0 Å². The Balaban J connectivity index is 2.58. The second-order valence-electron chi connectivity index (χ2n) is 3.01. The minimum absolute atomic E-state index is 1.01. The summed E-state index contributed by atoms with van der Waals surface area (Å²) in [7, 11) is 0. The third-order valence-electron chi connectivity index (χ3n) is 1.76. The zero-order valence-electron chi connectivity index (χ0n) is 7.83. The fourth-order valence-corrected chi connectivity index (χ4v) is 1.24. The van der Waals surface area contributed by atoms with Crippen molar-refractivity contribution in [3.63, 3.8) is 0 Å². The maximum Gasteiger partial charge on any atom is 0.169 e. The summed E-state index contributed by atoms with van der Waals surface area (Å²) in [6.07, 6.45) is 7.57. The molecule has 0 spiro atoms. The number of hydrogen-bond donors (Lipinski definition) is 0. The molecule has 0 saturated heterocycles. The number of pyridine rings is 1.